The van der Waals surface area contributed by atoms with Crippen LogP contribution in [0.15, 0.2) is 73.2 Å². The Morgan fingerprint density at radius 1 is 0.889 bits per heavy atom. The maximum absolute atomic E-state index is 13.3. The molecule has 3 aromatic heterocycles. The van der Waals surface area contributed by atoms with Crippen LogP contribution in [0.5, 0.6) is 0 Å². The van der Waals surface area contributed by atoms with Crippen LogP contribution in [0.25, 0.3) is 38.6 Å². The van der Waals surface area contributed by atoms with E-state index in [9.17, 15) is 4.39 Å². The van der Waals surface area contributed by atoms with E-state index in [1.807, 2.05) is 48.1 Å². The molecule has 3 heterocycles. The summed E-state index contributed by atoms with van der Waals surface area (Å²) in [5, 5.41) is 8.11. The topological polar surface area (TPSA) is 43.6 Å². The lowest BCUT2D eigenvalue weighted by atomic mass is 10.0. The molecule has 0 amide bonds. The van der Waals surface area contributed by atoms with E-state index in [1.165, 1.54) is 12.3 Å². The van der Waals surface area contributed by atoms with Crippen molar-refractivity contribution in [2.75, 3.05) is 0 Å². The van der Waals surface area contributed by atoms with Crippen molar-refractivity contribution in [1.82, 2.24) is 19.7 Å². The summed E-state index contributed by atoms with van der Waals surface area (Å²) in [6, 6.07) is 17.3. The van der Waals surface area contributed by atoms with Gasteiger partial charge in [-0.25, -0.2) is 9.67 Å². The fraction of sp³-hybridized carbons (Fsp3) is 0.0455. The summed E-state index contributed by atoms with van der Waals surface area (Å²) < 4.78 is 15.1. The van der Waals surface area contributed by atoms with Crippen LogP contribution in [0.3, 0.4) is 0 Å². The first-order chi connectivity index (χ1) is 13.2. The van der Waals surface area contributed by atoms with Gasteiger partial charge in [-0.3, -0.25) is 4.98 Å². The minimum absolute atomic E-state index is 0.506. The van der Waals surface area contributed by atoms with Gasteiger partial charge in [-0.15, -0.1) is 0 Å². The molecule has 0 saturated carbocycles. The largest absolute Gasteiger partial charge is 0.264 e. The number of hydrogen-bond acceptors (Lipinski definition) is 3. The van der Waals surface area contributed by atoms with Crippen molar-refractivity contribution in [3.05, 3.63) is 84.7 Å². The van der Waals surface area contributed by atoms with Crippen molar-refractivity contribution in [2.24, 2.45) is 0 Å². The Morgan fingerprint density at radius 2 is 1.78 bits per heavy atom. The predicted molar refractivity (Wildman–Crippen MR) is 104 cm³/mol. The standard InChI is InChI=1S/C22H15FN4/c1-14-4-2-7-19-21(18-6-3-5-15-12-24-11-10-17(15)18)26-27(22(14)19)16-8-9-20(23)25-13-16/h2-13H,1H3. The molecule has 27 heavy (non-hydrogen) atoms. The lowest BCUT2D eigenvalue weighted by Gasteiger charge is -2.04. The van der Waals surface area contributed by atoms with Crippen molar-refractivity contribution in [1.29, 1.82) is 0 Å². The van der Waals surface area contributed by atoms with Gasteiger partial charge in [-0.05, 0) is 36.1 Å². The minimum atomic E-state index is -0.506. The second kappa shape index (κ2) is 5.99. The van der Waals surface area contributed by atoms with Gasteiger partial charge >= 0.3 is 0 Å². The summed E-state index contributed by atoms with van der Waals surface area (Å²) in [6.07, 6.45) is 5.15. The Hall–Kier alpha value is -3.60. The lowest BCUT2D eigenvalue weighted by molar-refractivity contribution is 0.582. The number of halogens is 1. The van der Waals surface area contributed by atoms with E-state index in [2.05, 4.69) is 22.1 Å². The third kappa shape index (κ3) is 2.47. The molecule has 0 bridgehead atoms. The van der Waals surface area contributed by atoms with E-state index >= 15 is 0 Å². The molecule has 2 aromatic carbocycles. The molecule has 5 heteroatoms. The summed E-state index contributed by atoms with van der Waals surface area (Å²) in [7, 11) is 0. The lowest BCUT2D eigenvalue weighted by Crippen LogP contribution is -1.99. The highest BCUT2D eigenvalue weighted by molar-refractivity contribution is 6.04. The molecular formula is C22H15FN4. The third-order valence-electron chi connectivity index (χ3n) is 4.80. The SMILES string of the molecule is Cc1cccc2c(-c3cccc4cnccc34)nn(-c3ccc(F)nc3)c12. The highest BCUT2D eigenvalue weighted by Crippen LogP contribution is 2.35. The molecule has 4 nitrogen and oxygen atoms in total. The molecule has 0 N–H and O–H groups in total. The van der Waals surface area contributed by atoms with Crippen LogP contribution in [0.4, 0.5) is 4.39 Å². The number of nitrogens with zero attached hydrogens (tertiary/aromatic N) is 4. The maximum Gasteiger partial charge on any atom is 0.212 e. The van der Waals surface area contributed by atoms with Crippen LogP contribution < -0.4 is 0 Å². The summed E-state index contributed by atoms with van der Waals surface area (Å²) in [5.41, 5.74) is 4.74. The number of para-hydroxylation sites is 1. The Balaban J connectivity index is 1.86. The molecule has 0 aliphatic rings. The molecule has 0 unspecified atom stereocenters. The number of fused-ring (bicyclic) bond motifs is 2. The zero-order chi connectivity index (χ0) is 18.4. The smallest absolute Gasteiger partial charge is 0.212 e. The predicted octanol–water partition coefficient (Wildman–Crippen LogP) is 5.08. The van der Waals surface area contributed by atoms with E-state index in [4.69, 9.17) is 5.10 Å². The van der Waals surface area contributed by atoms with Crippen LogP contribution in [-0.2, 0) is 0 Å². The van der Waals surface area contributed by atoms with Crippen LogP contribution >= 0.6 is 0 Å². The summed E-state index contributed by atoms with van der Waals surface area (Å²) in [6.45, 7) is 2.05. The Morgan fingerprint density at radius 3 is 2.63 bits per heavy atom. The zero-order valence-electron chi connectivity index (χ0n) is 14.6. The van der Waals surface area contributed by atoms with Crippen LogP contribution in [-0.4, -0.2) is 19.7 Å². The Kier molecular flexibility index (Phi) is 3.47. The molecule has 5 aromatic rings. The van der Waals surface area contributed by atoms with Gasteiger partial charge in [0.25, 0.3) is 0 Å². The van der Waals surface area contributed by atoms with Crippen LogP contribution in [0.1, 0.15) is 5.56 Å². The fourth-order valence-corrected chi connectivity index (χ4v) is 3.54. The number of hydrogen-bond donors (Lipinski definition) is 0. The van der Waals surface area contributed by atoms with Crippen molar-refractivity contribution in [3.8, 4) is 16.9 Å². The molecule has 0 saturated heterocycles. The number of rotatable bonds is 2. The molecular weight excluding hydrogens is 339 g/mol. The Bertz CT molecular complexity index is 1280. The zero-order valence-corrected chi connectivity index (χ0v) is 14.6. The second-order valence-electron chi connectivity index (χ2n) is 6.47. The molecule has 0 radical (unpaired) electrons. The summed E-state index contributed by atoms with van der Waals surface area (Å²) in [5.74, 6) is -0.506. The molecule has 0 spiro atoms. The molecule has 130 valence electrons. The van der Waals surface area contributed by atoms with Crippen LogP contribution in [0.2, 0.25) is 0 Å². The fourth-order valence-electron chi connectivity index (χ4n) is 3.54. The van der Waals surface area contributed by atoms with Gasteiger partial charge < -0.3 is 0 Å². The average molecular weight is 354 g/mol. The van der Waals surface area contributed by atoms with Crippen molar-refractivity contribution < 1.29 is 4.39 Å². The third-order valence-corrected chi connectivity index (χ3v) is 4.80. The quantitative estimate of drug-likeness (QED) is 0.415. The van der Waals surface area contributed by atoms with Gasteiger partial charge in [0.05, 0.1) is 17.4 Å². The molecule has 5 rings (SSSR count). The summed E-state index contributed by atoms with van der Waals surface area (Å²) >= 11 is 0. The van der Waals surface area contributed by atoms with E-state index < -0.39 is 5.95 Å². The van der Waals surface area contributed by atoms with E-state index in [0.29, 0.717) is 0 Å². The monoisotopic (exact) mass is 354 g/mol. The first kappa shape index (κ1) is 15.6. The van der Waals surface area contributed by atoms with Crippen molar-refractivity contribution in [2.45, 2.75) is 6.92 Å². The minimum Gasteiger partial charge on any atom is -0.264 e. The van der Waals surface area contributed by atoms with Gasteiger partial charge in [0.15, 0.2) is 0 Å². The van der Waals surface area contributed by atoms with Crippen LogP contribution in [0, 0.1) is 12.9 Å². The first-order valence-electron chi connectivity index (χ1n) is 8.66. The Labute approximate surface area is 154 Å². The van der Waals surface area contributed by atoms with Gasteiger partial charge in [-0.2, -0.15) is 9.49 Å². The van der Waals surface area contributed by atoms with Gasteiger partial charge in [-0.1, -0.05) is 36.4 Å². The van der Waals surface area contributed by atoms with E-state index in [1.54, 1.807) is 12.3 Å². The molecule has 0 atom stereocenters. The normalized spacial score (nSPS) is 11.3. The van der Waals surface area contributed by atoms with E-state index in [-0.39, 0.29) is 0 Å². The second-order valence-corrected chi connectivity index (χ2v) is 6.47. The van der Waals surface area contributed by atoms with Gasteiger partial charge in [0.1, 0.15) is 5.69 Å². The highest BCUT2D eigenvalue weighted by Gasteiger charge is 2.17. The van der Waals surface area contributed by atoms with Gasteiger partial charge in [0.2, 0.25) is 5.95 Å². The number of pyridine rings is 2. The molecule has 0 fully saturated rings. The molecule has 0 aliphatic heterocycles. The maximum atomic E-state index is 13.3. The average Bonchev–Trinajstić information content (AvgIpc) is 3.09. The molecule has 0 aliphatic carbocycles. The number of benzene rings is 2. The van der Waals surface area contributed by atoms with Gasteiger partial charge in [0, 0.05) is 28.7 Å². The van der Waals surface area contributed by atoms with Crippen molar-refractivity contribution in [3.63, 3.8) is 0 Å². The summed E-state index contributed by atoms with van der Waals surface area (Å²) in [4.78, 5) is 8.00. The van der Waals surface area contributed by atoms with E-state index in [0.717, 1.165) is 44.2 Å². The highest BCUT2D eigenvalue weighted by atomic mass is 19.1. The number of aryl methyl sites for hydroxylation is 1. The number of aromatic nitrogens is 4. The first-order valence-corrected chi connectivity index (χ1v) is 8.66. The van der Waals surface area contributed by atoms with Crippen molar-refractivity contribution >= 4 is 21.7 Å².